The third-order valence-corrected chi connectivity index (χ3v) is 6.47. The normalized spacial score (nSPS) is 13.0. The monoisotopic (exact) mass is 396 g/mol. The van der Waals surface area contributed by atoms with Gasteiger partial charge < -0.3 is 4.74 Å². The highest BCUT2D eigenvalue weighted by Crippen LogP contribution is 2.34. The highest BCUT2D eigenvalue weighted by Gasteiger charge is 2.37. The van der Waals surface area contributed by atoms with Crippen molar-refractivity contribution in [1.82, 2.24) is 0 Å². The summed E-state index contributed by atoms with van der Waals surface area (Å²) in [4.78, 5) is 0. The molecule has 3 aromatic carbocycles. The Bertz CT molecular complexity index is 1140. The van der Waals surface area contributed by atoms with Crippen LogP contribution in [0.5, 0.6) is 11.5 Å². The van der Waals surface area contributed by atoms with Crippen molar-refractivity contribution in [2.45, 2.75) is 67.7 Å². The van der Waals surface area contributed by atoms with Crippen LogP contribution in [0, 0.1) is 41.5 Å². The number of aryl methyl sites for hydroxylation is 6. The van der Waals surface area contributed by atoms with Gasteiger partial charge in [0.15, 0.2) is 0 Å². The molecule has 0 bridgehead atoms. The molecule has 154 valence electrons. The Labute approximate surface area is 182 Å². The first-order chi connectivity index (χ1) is 14.0. The fourth-order valence-corrected chi connectivity index (χ4v) is 5.16. The lowest BCUT2D eigenvalue weighted by Gasteiger charge is -2.33. The summed E-state index contributed by atoms with van der Waals surface area (Å²) >= 11 is 0. The van der Waals surface area contributed by atoms with Crippen LogP contribution in [-0.2, 0) is 5.41 Å². The van der Waals surface area contributed by atoms with Crippen molar-refractivity contribution in [3.63, 3.8) is 0 Å². The van der Waals surface area contributed by atoms with E-state index in [1.54, 1.807) is 0 Å². The van der Waals surface area contributed by atoms with E-state index in [-0.39, 0.29) is 12.1 Å². The van der Waals surface area contributed by atoms with Gasteiger partial charge in [0.05, 0.1) is 0 Å². The molecule has 1 nitrogen and oxygen atoms in total. The van der Waals surface area contributed by atoms with Crippen molar-refractivity contribution in [3.05, 3.63) is 75.3 Å². The predicted molar refractivity (Wildman–Crippen MR) is 131 cm³/mol. The molecule has 0 spiro atoms. The summed E-state index contributed by atoms with van der Waals surface area (Å²) in [5, 5.41) is 0. The molecule has 0 saturated heterocycles. The minimum absolute atomic E-state index is 0.0878. The van der Waals surface area contributed by atoms with Crippen LogP contribution in [0.25, 0.3) is 0 Å². The zero-order valence-electron chi connectivity index (χ0n) is 19.9. The van der Waals surface area contributed by atoms with Crippen LogP contribution in [0.2, 0.25) is 0 Å². The number of hydrogen-bond donors (Lipinski definition) is 0. The Morgan fingerprint density at radius 3 is 1.63 bits per heavy atom. The second kappa shape index (κ2) is 7.05. The van der Waals surface area contributed by atoms with E-state index in [9.17, 15) is 0 Å². The summed E-state index contributed by atoms with van der Waals surface area (Å²) in [7, 11) is 0. The number of hydrogen-bond acceptors (Lipinski definition) is 1. The van der Waals surface area contributed by atoms with Crippen LogP contribution in [0.15, 0.2) is 36.4 Å². The van der Waals surface area contributed by atoms with Crippen LogP contribution in [0.4, 0.5) is 0 Å². The van der Waals surface area contributed by atoms with Crippen molar-refractivity contribution >= 4 is 23.1 Å². The molecular formula is C28H33BO. The fraction of sp³-hybridized carbons (Fsp3) is 0.357. The molecule has 1 aliphatic heterocycles. The average molecular weight is 396 g/mol. The maximum atomic E-state index is 6.62. The Kier molecular flexibility index (Phi) is 4.88. The van der Waals surface area contributed by atoms with Crippen molar-refractivity contribution < 1.29 is 4.74 Å². The maximum Gasteiger partial charge on any atom is 0.251 e. The molecule has 1 aliphatic rings. The molecule has 30 heavy (non-hydrogen) atoms. The first-order valence-electron chi connectivity index (χ1n) is 11.0. The van der Waals surface area contributed by atoms with Gasteiger partial charge in [0.1, 0.15) is 11.5 Å². The summed E-state index contributed by atoms with van der Waals surface area (Å²) in [5.74, 6) is 2.07. The zero-order valence-corrected chi connectivity index (χ0v) is 19.9. The summed E-state index contributed by atoms with van der Waals surface area (Å²) < 4.78 is 6.62. The topological polar surface area (TPSA) is 9.23 Å². The Morgan fingerprint density at radius 2 is 1.07 bits per heavy atom. The molecule has 0 aliphatic carbocycles. The second-order valence-electron chi connectivity index (χ2n) is 10.3. The summed E-state index contributed by atoms with van der Waals surface area (Å²) in [5.41, 5.74) is 13.2. The van der Waals surface area contributed by atoms with Crippen molar-refractivity contribution in [2.75, 3.05) is 0 Å². The largest absolute Gasteiger partial charge is 0.458 e. The minimum atomic E-state index is 0.0878. The van der Waals surface area contributed by atoms with Crippen LogP contribution >= 0.6 is 0 Å². The molecule has 1 heterocycles. The van der Waals surface area contributed by atoms with E-state index in [1.165, 1.54) is 55.3 Å². The van der Waals surface area contributed by atoms with Crippen LogP contribution in [-0.4, -0.2) is 6.71 Å². The standard InChI is InChI=1S/C28H33BO/c1-16-10-18(3)25(19(4)11-16)29-23-13-17(2)12-20(5)26(23)30-27-21(6)14-22(15-24(27)29)28(7,8)9/h10-15H,1-9H3. The highest BCUT2D eigenvalue weighted by molar-refractivity contribution is 6.97. The van der Waals surface area contributed by atoms with Crippen molar-refractivity contribution in [2.24, 2.45) is 0 Å². The molecule has 0 N–H and O–H groups in total. The van der Waals surface area contributed by atoms with Gasteiger partial charge in [-0.2, -0.15) is 0 Å². The predicted octanol–water partition coefficient (Wildman–Crippen LogP) is 5.46. The van der Waals surface area contributed by atoms with Gasteiger partial charge in [-0.3, -0.25) is 0 Å². The second-order valence-corrected chi connectivity index (χ2v) is 10.3. The smallest absolute Gasteiger partial charge is 0.251 e. The third kappa shape index (κ3) is 3.37. The lowest BCUT2D eigenvalue weighted by Crippen LogP contribution is -2.57. The number of rotatable bonds is 1. The molecule has 0 amide bonds. The Hall–Kier alpha value is -2.48. The first-order valence-corrected chi connectivity index (χ1v) is 11.0. The van der Waals surface area contributed by atoms with Crippen LogP contribution in [0.1, 0.15) is 59.7 Å². The van der Waals surface area contributed by atoms with Gasteiger partial charge >= 0.3 is 0 Å². The molecule has 0 saturated carbocycles. The lowest BCUT2D eigenvalue weighted by atomic mass is 9.34. The molecular weight excluding hydrogens is 363 g/mol. The molecule has 0 radical (unpaired) electrons. The zero-order chi connectivity index (χ0) is 22.0. The molecule has 0 fully saturated rings. The molecule has 0 atom stereocenters. The van der Waals surface area contributed by atoms with Gasteiger partial charge in [-0.25, -0.2) is 0 Å². The first kappa shape index (κ1) is 20.8. The molecule has 4 rings (SSSR count). The van der Waals surface area contributed by atoms with E-state index < -0.39 is 0 Å². The number of benzene rings is 3. The van der Waals surface area contributed by atoms with Gasteiger partial charge in [-0.1, -0.05) is 84.9 Å². The van der Waals surface area contributed by atoms with E-state index >= 15 is 0 Å². The number of fused-ring (bicyclic) bond motifs is 2. The van der Waals surface area contributed by atoms with Crippen molar-refractivity contribution in [1.29, 1.82) is 0 Å². The van der Waals surface area contributed by atoms with Crippen LogP contribution in [0.3, 0.4) is 0 Å². The minimum Gasteiger partial charge on any atom is -0.458 e. The molecule has 0 aromatic heterocycles. The molecule has 3 aromatic rings. The fourth-order valence-electron chi connectivity index (χ4n) is 5.16. The lowest BCUT2D eigenvalue weighted by molar-refractivity contribution is 0.478. The van der Waals surface area contributed by atoms with Gasteiger partial charge in [-0.05, 0) is 74.6 Å². The van der Waals surface area contributed by atoms with Gasteiger partial charge in [-0.15, -0.1) is 0 Å². The quantitative estimate of drug-likeness (QED) is 0.389. The summed E-state index contributed by atoms with van der Waals surface area (Å²) in [6.45, 7) is 20.3. The number of ether oxygens (including phenoxy) is 1. The Morgan fingerprint density at radius 1 is 0.600 bits per heavy atom. The van der Waals surface area contributed by atoms with Crippen LogP contribution < -0.4 is 21.1 Å². The molecule has 0 unspecified atom stereocenters. The van der Waals surface area contributed by atoms with Gasteiger partial charge in [0.25, 0.3) is 6.71 Å². The van der Waals surface area contributed by atoms with E-state index in [4.69, 9.17) is 4.74 Å². The summed E-state index contributed by atoms with van der Waals surface area (Å²) in [6, 6.07) is 13.9. The van der Waals surface area contributed by atoms with Gasteiger partial charge in [0.2, 0.25) is 0 Å². The maximum absolute atomic E-state index is 6.62. The van der Waals surface area contributed by atoms with E-state index in [0.717, 1.165) is 11.5 Å². The van der Waals surface area contributed by atoms with Gasteiger partial charge in [0, 0.05) is 0 Å². The van der Waals surface area contributed by atoms with E-state index in [0.29, 0.717) is 0 Å². The van der Waals surface area contributed by atoms with Crippen molar-refractivity contribution in [3.8, 4) is 11.5 Å². The Balaban J connectivity index is 2.11. The highest BCUT2D eigenvalue weighted by atomic mass is 16.5. The molecule has 2 heteroatoms. The SMILES string of the molecule is Cc1cc(C)c(B2c3cc(C)cc(C)c3Oc3c(C)cc(C(C)(C)C)cc32)c(C)c1. The van der Waals surface area contributed by atoms with E-state index in [1.807, 2.05) is 0 Å². The van der Waals surface area contributed by atoms with E-state index in [2.05, 4.69) is 98.7 Å². The summed E-state index contributed by atoms with van der Waals surface area (Å²) in [6.07, 6.45) is 0. The average Bonchev–Trinajstić information content (AvgIpc) is 2.60. The third-order valence-electron chi connectivity index (χ3n) is 6.47.